The van der Waals surface area contributed by atoms with E-state index < -0.39 is 0 Å². The van der Waals surface area contributed by atoms with Gasteiger partial charge in [-0.2, -0.15) is 11.8 Å². The van der Waals surface area contributed by atoms with Crippen molar-refractivity contribution in [3.05, 3.63) is 11.1 Å². The van der Waals surface area contributed by atoms with Crippen LogP contribution in [0.2, 0.25) is 0 Å². The molecule has 0 amide bonds. The van der Waals surface area contributed by atoms with E-state index in [1.54, 1.807) is 18.4 Å². The summed E-state index contributed by atoms with van der Waals surface area (Å²) in [5.74, 6) is 2.18. The van der Waals surface area contributed by atoms with Gasteiger partial charge in [-0.25, -0.2) is 4.98 Å². The van der Waals surface area contributed by atoms with Gasteiger partial charge in [0, 0.05) is 23.9 Å². The van der Waals surface area contributed by atoms with Gasteiger partial charge in [0.2, 0.25) is 0 Å². The SMILES string of the molecule is COCCSCCc1cnc(N)s1. The molecule has 0 fully saturated rings. The smallest absolute Gasteiger partial charge is 0.180 e. The molecule has 13 heavy (non-hydrogen) atoms. The summed E-state index contributed by atoms with van der Waals surface area (Å²) in [6, 6.07) is 0. The van der Waals surface area contributed by atoms with E-state index in [1.165, 1.54) is 4.88 Å². The number of hydrogen-bond donors (Lipinski definition) is 1. The second-order valence-corrected chi connectivity index (χ2v) is 4.89. The van der Waals surface area contributed by atoms with Crippen LogP contribution in [0.15, 0.2) is 6.20 Å². The Kier molecular flexibility index (Phi) is 5.19. The molecule has 0 radical (unpaired) electrons. The van der Waals surface area contributed by atoms with Crippen LogP contribution in [-0.2, 0) is 11.2 Å². The quantitative estimate of drug-likeness (QED) is 0.738. The fourth-order valence-corrected chi connectivity index (χ4v) is 2.52. The van der Waals surface area contributed by atoms with Crippen molar-refractivity contribution < 1.29 is 4.74 Å². The first-order chi connectivity index (χ1) is 6.33. The number of aryl methyl sites for hydroxylation is 1. The second-order valence-electron chi connectivity index (χ2n) is 2.52. The van der Waals surface area contributed by atoms with Gasteiger partial charge in [-0.15, -0.1) is 11.3 Å². The molecule has 1 rings (SSSR count). The number of nitrogen functional groups attached to an aromatic ring is 1. The molecule has 74 valence electrons. The van der Waals surface area contributed by atoms with Crippen molar-refractivity contribution in [3.63, 3.8) is 0 Å². The summed E-state index contributed by atoms with van der Waals surface area (Å²) in [5, 5.41) is 0.664. The molecule has 1 heterocycles. The van der Waals surface area contributed by atoms with Crippen LogP contribution < -0.4 is 5.73 Å². The minimum atomic E-state index is 0.664. The summed E-state index contributed by atoms with van der Waals surface area (Å²) in [4.78, 5) is 5.26. The Balaban J connectivity index is 2.06. The number of aromatic nitrogens is 1. The average molecular weight is 218 g/mol. The number of methoxy groups -OCH3 is 1. The number of hydrogen-bond acceptors (Lipinski definition) is 5. The summed E-state index contributed by atoms with van der Waals surface area (Å²) < 4.78 is 4.95. The molecule has 0 saturated heterocycles. The maximum atomic E-state index is 5.51. The van der Waals surface area contributed by atoms with E-state index in [9.17, 15) is 0 Å². The molecule has 0 aromatic carbocycles. The van der Waals surface area contributed by atoms with Gasteiger partial charge in [0.05, 0.1) is 6.61 Å². The molecular weight excluding hydrogens is 204 g/mol. The third-order valence-corrected chi connectivity index (χ3v) is 3.33. The lowest BCUT2D eigenvalue weighted by molar-refractivity contribution is 0.218. The summed E-state index contributed by atoms with van der Waals surface area (Å²) in [7, 11) is 1.73. The first-order valence-electron chi connectivity index (χ1n) is 4.10. The molecule has 0 bridgehead atoms. The molecule has 1 aromatic rings. The van der Waals surface area contributed by atoms with Gasteiger partial charge in [-0.05, 0) is 12.2 Å². The maximum absolute atomic E-state index is 5.51. The van der Waals surface area contributed by atoms with Crippen LogP contribution in [0, 0.1) is 0 Å². The minimum Gasteiger partial charge on any atom is -0.384 e. The third-order valence-electron chi connectivity index (χ3n) is 1.50. The van der Waals surface area contributed by atoms with E-state index in [1.807, 2.05) is 18.0 Å². The van der Waals surface area contributed by atoms with Gasteiger partial charge >= 0.3 is 0 Å². The lowest BCUT2D eigenvalue weighted by atomic mass is 10.4. The predicted molar refractivity (Wildman–Crippen MR) is 59.4 cm³/mol. The zero-order chi connectivity index (χ0) is 9.52. The highest BCUT2D eigenvalue weighted by molar-refractivity contribution is 7.99. The Morgan fingerprint density at radius 2 is 2.46 bits per heavy atom. The van der Waals surface area contributed by atoms with Gasteiger partial charge < -0.3 is 10.5 Å². The van der Waals surface area contributed by atoms with E-state index in [2.05, 4.69) is 4.98 Å². The van der Waals surface area contributed by atoms with Gasteiger partial charge in [-0.1, -0.05) is 0 Å². The van der Waals surface area contributed by atoms with Crippen LogP contribution >= 0.6 is 23.1 Å². The van der Waals surface area contributed by atoms with Crippen LogP contribution in [-0.4, -0.2) is 30.2 Å². The number of ether oxygens (including phenoxy) is 1. The topological polar surface area (TPSA) is 48.1 Å². The average Bonchev–Trinajstić information content (AvgIpc) is 2.51. The molecule has 2 N–H and O–H groups in total. The summed E-state index contributed by atoms with van der Waals surface area (Å²) >= 11 is 3.47. The summed E-state index contributed by atoms with van der Waals surface area (Å²) in [5.41, 5.74) is 5.51. The maximum Gasteiger partial charge on any atom is 0.180 e. The fourth-order valence-electron chi connectivity index (χ4n) is 0.855. The summed E-state index contributed by atoms with van der Waals surface area (Å²) in [6.45, 7) is 0.829. The van der Waals surface area contributed by atoms with Crippen LogP contribution in [0.5, 0.6) is 0 Å². The first kappa shape index (κ1) is 10.8. The van der Waals surface area contributed by atoms with E-state index in [4.69, 9.17) is 10.5 Å². The number of thiazole rings is 1. The number of thioether (sulfide) groups is 1. The van der Waals surface area contributed by atoms with E-state index >= 15 is 0 Å². The van der Waals surface area contributed by atoms with Crippen molar-refractivity contribution in [1.29, 1.82) is 0 Å². The van der Waals surface area contributed by atoms with Crippen LogP contribution in [0.25, 0.3) is 0 Å². The van der Waals surface area contributed by atoms with Crippen molar-refractivity contribution in [2.75, 3.05) is 31.0 Å². The zero-order valence-corrected chi connectivity index (χ0v) is 9.29. The molecule has 5 heteroatoms. The number of nitrogens with zero attached hydrogens (tertiary/aromatic N) is 1. The molecule has 0 spiro atoms. The lowest BCUT2D eigenvalue weighted by Crippen LogP contribution is -1.94. The largest absolute Gasteiger partial charge is 0.384 e. The first-order valence-corrected chi connectivity index (χ1v) is 6.07. The van der Waals surface area contributed by atoms with Gasteiger partial charge in [0.1, 0.15) is 0 Å². The monoisotopic (exact) mass is 218 g/mol. The van der Waals surface area contributed by atoms with Crippen molar-refractivity contribution in [3.8, 4) is 0 Å². The molecule has 0 aliphatic heterocycles. The molecule has 3 nitrogen and oxygen atoms in total. The number of rotatable bonds is 6. The highest BCUT2D eigenvalue weighted by Gasteiger charge is 1.97. The number of nitrogens with two attached hydrogens (primary N) is 1. The van der Waals surface area contributed by atoms with Gasteiger partial charge in [-0.3, -0.25) is 0 Å². The van der Waals surface area contributed by atoms with Crippen LogP contribution in [0.3, 0.4) is 0 Å². The highest BCUT2D eigenvalue weighted by Crippen LogP contribution is 2.16. The Labute approximate surface area is 86.7 Å². The number of anilines is 1. The van der Waals surface area contributed by atoms with E-state index in [-0.39, 0.29) is 0 Å². The lowest BCUT2D eigenvalue weighted by Gasteiger charge is -1.98. The van der Waals surface area contributed by atoms with Crippen molar-refractivity contribution in [2.45, 2.75) is 6.42 Å². The van der Waals surface area contributed by atoms with Crippen molar-refractivity contribution >= 4 is 28.2 Å². The summed E-state index contributed by atoms with van der Waals surface area (Å²) in [6.07, 6.45) is 2.92. The molecule has 0 unspecified atom stereocenters. The van der Waals surface area contributed by atoms with Crippen LogP contribution in [0.4, 0.5) is 5.13 Å². The fraction of sp³-hybridized carbons (Fsp3) is 0.625. The molecular formula is C8H14N2OS2. The zero-order valence-electron chi connectivity index (χ0n) is 7.66. The Bertz CT molecular complexity index is 240. The second kappa shape index (κ2) is 6.23. The molecule has 1 aromatic heterocycles. The third kappa shape index (κ3) is 4.50. The molecule has 0 aliphatic rings. The standard InChI is InChI=1S/C8H14N2OS2/c1-11-3-5-12-4-2-7-6-10-8(9)13-7/h6H,2-5H2,1H3,(H2,9,10). The Morgan fingerprint density at radius 3 is 3.08 bits per heavy atom. The Morgan fingerprint density at radius 1 is 1.62 bits per heavy atom. The molecule has 0 saturated carbocycles. The van der Waals surface area contributed by atoms with E-state index in [0.29, 0.717) is 5.13 Å². The van der Waals surface area contributed by atoms with Crippen LogP contribution in [0.1, 0.15) is 4.88 Å². The molecule has 0 atom stereocenters. The normalized spacial score (nSPS) is 10.5. The van der Waals surface area contributed by atoms with Gasteiger partial charge in [0.15, 0.2) is 5.13 Å². The van der Waals surface area contributed by atoms with Gasteiger partial charge in [0.25, 0.3) is 0 Å². The minimum absolute atomic E-state index is 0.664. The Hall–Kier alpha value is -0.260. The van der Waals surface area contributed by atoms with Crippen molar-refractivity contribution in [1.82, 2.24) is 4.98 Å². The predicted octanol–water partition coefficient (Wildman–Crippen LogP) is 1.65. The van der Waals surface area contributed by atoms with E-state index in [0.717, 1.165) is 24.5 Å². The molecule has 0 aliphatic carbocycles. The van der Waals surface area contributed by atoms with Crippen molar-refractivity contribution in [2.24, 2.45) is 0 Å². The highest BCUT2D eigenvalue weighted by atomic mass is 32.2.